The molecule has 1 aromatic rings. The summed E-state index contributed by atoms with van der Waals surface area (Å²) in [7, 11) is 2.10. The van der Waals surface area contributed by atoms with Crippen LogP contribution in [0.25, 0.3) is 0 Å². The third-order valence-electron chi connectivity index (χ3n) is 4.30. The summed E-state index contributed by atoms with van der Waals surface area (Å²) in [5.41, 5.74) is 3.08. The van der Waals surface area contributed by atoms with Crippen LogP contribution in [0.5, 0.6) is 0 Å². The predicted octanol–water partition coefficient (Wildman–Crippen LogP) is 3.68. The molecule has 1 aromatic carbocycles. The lowest BCUT2D eigenvalue weighted by Gasteiger charge is -2.28. The Morgan fingerprint density at radius 1 is 1.38 bits per heavy atom. The van der Waals surface area contributed by atoms with Crippen molar-refractivity contribution < 1.29 is 0 Å². The van der Waals surface area contributed by atoms with Crippen molar-refractivity contribution >= 4 is 5.69 Å². The van der Waals surface area contributed by atoms with Crippen molar-refractivity contribution in [2.75, 3.05) is 11.9 Å². The number of nitrogens with zero attached hydrogens (tertiary/aromatic N) is 2. The van der Waals surface area contributed by atoms with Crippen molar-refractivity contribution in [3.05, 3.63) is 29.3 Å². The first-order chi connectivity index (χ1) is 9.81. The smallest absolute Gasteiger partial charge is 0.101 e. The van der Waals surface area contributed by atoms with E-state index in [9.17, 15) is 5.26 Å². The fourth-order valence-corrected chi connectivity index (χ4v) is 2.57. The van der Waals surface area contributed by atoms with Crippen LogP contribution in [-0.2, 0) is 6.54 Å². The standard InChI is InChI=1S/C18H27N3/c1-13(15-7-8-15)21(5)17-9-6-14(10-16(17)11-19)12-20-18(2,3)4/h6,9-10,13,15,20H,7-8,12H2,1-5H3. The molecule has 0 heterocycles. The van der Waals surface area contributed by atoms with E-state index >= 15 is 0 Å². The number of rotatable bonds is 5. The van der Waals surface area contributed by atoms with Crippen LogP contribution in [0, 0.1) is 17.2 Å². The second kappa shape index (κ2) is 6.07. The lowest BCUT2D eigenvalue weighted by molar-refractivity contribution is 0.424. The first-order valence-corrected chi connectivity index (χ1v) is 7.82. The Kier molecular flexibility index (Phi) is 4.58. The minimum atomic E-state index is 0.0861. The van der Waals surface area contributed by atoms with Crippen LogP contribution >= 0.6 is 0 Å². The number of benzene rings is 1. The zero-order valence-corrected chi connectivity index (χ0v) is 13.9. The van der Waals surface area contributed by atoms with Crippen molar-refractivity contribution in [3.8, 4) is 6.07 Å². The maximum absolute atomic E-state index is 9.46. The summed E-state index contributed by atoms with van der Waals surface area (Å²) in [5, 5.41) is 12.9. The van der Waals surface area contributed by atoms with Gasteiger partial charge in [-0.2, -0.15) is 5.26 Å². The summed E-state index contributed by atoms with van der Waals surface area (Å²) in [6, 6.07) is 9.11. The fraction of sp³-hybridized carbons (Fsp3) is 0.611. The molecule has 114 valence electrons. The Labute approximate surface area is 129 Å². The molecule has 0 bridgehead atoms. The molecule has 0 saturated heterocycles. The molecule has 0 spiro atoms. The quantitative estimate of drug-likeness (QED) is 0.897. The van der Waals surface area contributed by atoms with E-state index < -0.39 is 0 Å². The van der Waals surface area contributed by atoms with Crippen LogP contribution in [0.3, 0.4) is 0 Å². The molecule has 0 radical (unpaired) electrons. The first kappa shape index (κ1) is 15.9. The summed E-state index contributed by atoms with van der Waals surface area (Å²) in [5.74, 6) is 0.795. The monoisotopic (exact) mass is 285 g/mol. The van der Waals surface area contributed by atoms with E-state index in [4.69, 9.17) is 0 Å². The number of hydrogen-bond acceptors (Lipinski definition) is 3. The van der Waals surface area contributed by atoms with Gasteiger partial charge in [-0.05, 0) is 64.2 Å². The van der Waals surface area contributed by atoms with Crippen molar-refractivity contribution in [1.29, 1.82) is 5.26 Å². The van der Waals surface area contributed by atoms with Crippen molar-refractivity contribution in [1.82, 2.24) is 5.32 Å². The second-order valence-electron chi connectivity index (χ2n) is 7.26. The normalized spacial score (nSPS) is 16.4. The third-order valence-corrected chi connectivity index (χ3v) is 4.30. The number of hydrogen-bond donors (Lipinski definition) is 1. The van der Waals surface area contributed by atoms with Gasteiger partial charge in [-0.1, -0.05) is 6.07 Å². The van der Waals surface area contributed by atoms with Crippen LogP contribution in [0.15, 0.2) is 18.2 Å². The minimum absolute atomic E-state index is 0.0861. The Hall–Kier alpha value is -1.53. The molecule has 0 amide bonds. The number of anilines is 1. The van der Waals surface area contributed by atoms with Gasteiger partial charge < -0.3 is 10.2 Å². The molecule has 2 rings (SSSR count). The molecule has 3 heteroatoms. The molecule has 1 saturated carbocycles. The molecular formula is C18H27N3. The Morgan fingerprint density at radius 3 is 2.57 bits per heavy atom. The maximum Gasteiger partial charge on any atom is 0.101 e. The molecule has 1 aliphatic rings. The molecule has 1 N–H and O–H groups in total. The van der Waals surface area contributed by atoms with Gasteiger partial charge in [-0.25, -0.2) is 0 Å². The summed E-state index contributed by atoms with van der Waals surface area (Å²) in [6.07, 6.45) is 2.64. The van der Waals surface area contributed by atoms with E-state index in [2.05, 4.69) is 63.2 Å². The zero-order chi connectivity index (χ0) is 15.6. The van der Waals surface area contributed by atoms with Crippen LogP contribution in [-0.4, -0.2) is 18.6 Å². The van der Waals surface area contributed by atoms with Gasteiger partial charge in [0.2, 0.25) is 0 Å². The highest BCUT2D eigenvalue weighted by atomic mass is 15.1. The van der Waals surface area contributed by atoms with Crippen molar-refractivity contribution in [2.24, 2.45) is 5.92 Å². The van der Waals surface area contributed by atoms with Gasteiger partial charge >= 0.3 is 0 Å². The van der Waals surface area contributed by atoms with Crippen molar-refractivity contribution in [2.45, 2.75) is 58.7 Å². The van der Waals surface area contributed by atoms with Crippen LogP contribution < -0.4 is 10.2 Å². The molecule has 1 unspecified atom stereocenters. The molecule has 0 aliphatic heterocycles. The lowest BCUT2D eigenvalue weighted by Crippen LogP contribution is -2.35. The largest absolute Gasteiger partial charge is 0.371 e. The van der Waals surface area contributed by atoms with E-state index in [1.54, 1.807) is 0 Å². The Balaban J connectivity index is 2.14. The van der Waals surface area contributed by atoms with E-state index in [1.165, 1.54) is 12.8 Å². The molecule has 21 heavy (non-hydrogen) atoms. The highest BCUT2D eigenvalue weighted by Gasteiger charge is 2.31. The molecule has 1 aliphatic carbocycles. The third kappa shape index (κ3) is 4.22. The summed E-state index contributed by atoms with van der Waals surface area (Å²) in [4.78, 5) is 2.26. The van der Waals surface area contributed by atoms with Crippen molar-refractivity contribution in [3.63, 3.8) is 0 Å². The van der Waals surface area contributed by atoms with E-state index in [-0.39, 0.29) is 5.54 Å². The van der Waals surface area contributed by atoms with Gasteiger partial charge in [0.05, 0.1) is 11.3 Å². The lowest BCUT2D eigenvalue weighted by atomic mass is 10.0. The van der Waals surface area contributed by atoms with Crippen LogP contribution in [0.2, 0.25) is 0 Å². The Morgan fingerprint density at radius 2 is 2.05 bits per heavy atom. The van der Waals surface area contributed by atoms with Gasteiger partial charge in [0.25, 0.3) is 0 Å². The topological polar surface area (TPSA) is 39.1 Å². The van der Waals surface area contributed by atoms with Gasteiger partial charge in [0.1, 0.15) is 6.07 Å². The molecule has 1 fully saturated rings. The maximum atomic E-state index is 9.46. The SMILES string of the molecule is CC(C1CC1)N(C)c1ccc(CNC(C)(C)C)cc1C#N. The number of nitrogens with one attached hydrogen (secondary N) is 1. The predicted molar refractivity (Wildman–Crippen MR) is 88.3 cm³/mol. The van der Waals surface area contributed by atoms with E-state index in [0.717, 1.165) is 29.3 Å². The molecule has 0 aromatic heterocycles. The zero-order valence-electron chi connectivity index (χ0n) is 13.9. The van der Waals surface area contributed by atoms with Crippen LogP contribution in [0.4, 0.5) is 5.69 Å². The number of nitriles is 1. The molecular weight excluding hydrogens is 258 g/mol. The average Bonchev–Trinajstić information content (AvgIpc) is 3.27. The van der Waals surface area contributed by atoms with Crippen LogP contribution in [0.1, 0.15) is 51.7 Å². The summed E-state index contributed by atoms with van der Waals surface area (Å²) >= 11 is 0. The highest BCUT2D eigenvalue weighted by molar-refractivity contribution is 5.60. The van der Waals surface area contributed by atoms with Gasteiger partial charge in [-0.3, -0.25) is 0 Å². The van der Waals surface area contributed by atoms with Gasteiger partial charge in [0.15, 0.2) is 0 Å². The average molecular weight is 285 g/mol. The van der Waals surface area contributed by atoms with E-state index in [1.807, 2.05) is 6.07 Å². The summed E-state index contributed by atoms with van der Waals surface area (Å²) < 4.78 is 0. The molecule has 3 nitrogen and oxygen atoms in total. The first-order valence-electron chi connectivity index (χ1n) is 7.82. The van der Waals surface area contributed by atoms with E-state index in [0.29, 0.717) is 6.04 Å². The fourth-order valence-electron chi connectivity index (χ4n) is 2.57. The van der Waals surface area contributed by atoms with Gasteiger partial charge in [-0.15, -0.1) is 0 Å². The minimum Gasteiger partial charge on any atom is -0.371 e. The highest BCUT2D eigenvalue weighted by Crippen LogP contribution is 2.37. The second-order valence-corrected chi connectivity index (χ2v) is 7.26. The van der Waals surface area contributed by atoms with Gasteiger partial charge in [0, 0.05) is 25.2 Å². The molecule has 1 atom stereocenters. The Bertz CT molecular complexity index is 532. The summed E-state index contributed by atoms with van der Waals surface area (Å²) in [6.45, 7) is 9.50.